The molecule has 1 unspecified atom stereocenters. The zero-order valence-corrected chi connectivity index (χ0v) is 23.1. The minimum Gasteiger partial charge on any atom is -0.444 e. The Morgan fingerprint density at radius 1 is 1.26 bits per heavy atom. The highest BCUT2D eigenvalue weighted by atomic mass is 35.5. The molecule has 10 heteroatoms. The third-order valence-electron chi connectivity index (χ3n) is 7.28. The lowest BCUT2D eigenvalue weighted by molar-refractivity contribution is -0.0404. The van der Waals surface area contributed by atoms with Crippen LogP contribution in [0.3, 0.4) is 0 Å². The van der Waals surface area contributed by atoms with Crippen molar-refractivity contribution in [3.63, 3.8) is 0 Å². The van der Waals surface area contributed by atoms with E-state index < -0.39 is 11.2 Å². The van der Waals surface area contributed by atoms with Crippen LogP contribution < -0.4 is 5.32 Å². The third kappa shape index (κ3) is 6.22. The molecule has 0 radical (unpaired) electrons. The standard InChI is InChI=1S/C28H37ClN6O3/c1-27(2,3)38-26(36)35-13-11-34(12-14-35)18-28(37)10-6-7-19(15-28)32-25-31-17-22(29)24(33-25)21-16-30-23-9-5-4-8-20(21)23/h4-5,8-9,16-17,19,30,37H,6-7,10-15,18H2,1-3H3,(H,31,32,33)/t19-,28?/m1/s1. The minimum absolute atomic E-state index is 0.0498. The van der Waals surface area contributed by atoms with Gasteiger partial charge in [0.25, 0.3) is 0 Å². The molecule has 3 heterocycles. The Labute approximate surface area is 228 Å². The number of H-pyrrole nitrogens is 1. The van der Waals surface area contributed by atoms with E-state index in [0.29, 0.717) is 55.8 Å². The van der Waals surface area contributed by atoms with Crippen molar-refractivity contribution in [2.75, 3.05) is 38.0 Å². The molecule has 204 valence electrons. The fraction of sp³-hybridized carbons (Fsp3) is 0.536. The van der Waals surface area contributed by atoms with E-state index >= 15 is 0 Å². The topological polar surface area (TPSA) is 107 Å². The number of carbonyl (C=O) groups is 1. The maximum atomic E-state index is 12.4. The SMILES string of the molecule is CC(C)(C)OC(=O)N1CCN(CC2(O)CCC[C@@H](Nc3ncc(Cl)c(-c4c[nH]c5ccccc45)n3)C2)CC1. The van der Waals surface area contributed by atoms with Crippen LogP contribution >= 0.6 is 11.6 Å². The summed E-state index contributed by atoms with van der Waals surface area (Å²) in [6.45, 7) is 8.84. The molecule has 2 atom stereocenters. The molecule has 0 bridgehead atoms. The summed E-state index contributed by atoms with van der Waals surface area (Å²) < 4.78 is 5.50. The molecule has 9 nitrogen and oxygen atoms in total. The second-order valence-corrected chi connectivity index (χ2v) is 12.0. The number of nitrogens with one attached hydrogen (secondary N) is 2. The number of β-amino-alcohol motifs (C(OH)–C–C–N with tert-alkyl or cyclic N) is 1. The zero-order valence-electron chi connectivity index (χ0n) is 22.3. The smallest absolute Gasteiger partial charge is 0.410 e. The summed E-state index contributed by atoms with van der Waals surface area (Å²) >= 11 is 6.50. The van der Waals surface area contributed by atoms with Gasteiger partial charge in [-0.2, -0.15) is 0 Å². The van der Waals surface area contributed by atoms with Crippen LogP contribution in [0.4, 0.5) is 10.7 Å². The van der Waals surface area contributed by atoms with Crippen LogP contribution in [0.15, 0.2) is 36.7 Å². The minimum atomic E-state index is -0.809. The second-order valence-electron chi connectivity index (χ2n) is 11.5. The van der Waals surface area contributed by atoms with Crippen molar-refractivity contribution in [2.24, 2.45) is 0 Å². The number of benzene rings is 1. The van der Waals surface area contributed by atoms with Crippen molar-refractivity contribution in [1.82, 2.24) is 24.8 Å². The lowest BCUT2D eigenvalue weighted by Crippen LogP contribution is -2.55. The number of rotatable bonds is 5. The summed E-state index contributed by atoms with van der Waals surface area (Å²) in [7, 11) is 0. The Morgan fingerprint density at radius 3 is 2.79 bits per heavy atom. The van der Waals surface area contributed by atoms with Crippen molar-refractivity contribution in [2.45, 2.75) is 63.7 Å². The van der Waals surface area contributed by atoms with Gasteiger partial charge in [0, 0.05) is 61.4 Å². The van der Waals surface area contributed by atoms with Crippen LogP contribution in [0.2, 0.25) is 5.02 Å². The maximum Gasteiger partial charge on any atom is 0.410 e. The molecule has 0 spiro atoms. The van der Waals surface area contributed by atoms with Gasteiger partial charge in [0.1, 0.15) is 5.60 Å². The van der Waals surface area contributed by atoms with Gasteiger partial charge in [-0.3, -0.25) is 4.90 Å². The lowest BCUT2D eigenvalue weighted by Gasteiger charge is -2.43. The molecule has 2 fully saturated rings. The second kappa shape index (κ2) is 10.7. The lowest BCUT2D eigenvalue weighted by atomic mass is 9.81. The fourth-order valence-corrected chi connectivity index (χ4v) is 5.71. The van der Waals surface area contributed by atoms with Crippen molar-refractivity contribution >= 4 is 34.5 Å². The number of piperazine rings is 1. The normalized spacial score (nSPS) is 23.0. The Morgan fingerprint density at radius 2 is 2.03 bits per heavy atom. The average Bonchev–Trinajstić information content (AvgIpc) is 3.28. The zero-order chi connectivity index (χ0) is 26.9. The first-order valence-corrected chi connectivity index (χ1v) is 13.7. The Hall–Kier alpha value is -2.88. The van der Waals surface area contributed by atoms with Crippen LogP contribution in [0.5, 0.6) is 0 Å². The molecule has 2 aliphatic rings. The van der Waals surface area contributed by atoms with Gasteiger partial charge in [-0.1, -0.05) is 29.8 Å². The van der Waals surface area contributed by atoms with Crippen LogP contribution in [0.25, 0.3) is 22.2 Å². The van der Waals surface area contributed by atoms with E-state index in [1.807, 2.05) is 51.2 Å². The van der Waals surface area contributed by atoms with Gasteiger partial charge in [0.05, 0.1) is 22.5 Å². The van der Waals surface area contributed by atoms with Gasteiger partial charge in [0.15, 0.2) is 0 Å². The van der Waals surface area contributed by atoms with Gasteiger partial charge in [-0.15, -0.1) is 0 Å². The number of halogens is 1. The molecule has 2 aromatic heterocycles. The van der Waals surface area contributed by atoms with Crippen molar-refractivity contribution in [3.05, 3.63) is 41.7 Å². The number of aliphatic hydroxyl groups is 1. The van der Waals surface area contributed by atoms with Gasteiger partial charge in [-0.25, -0.2) is 14.8 Å². The number of hydrogen-bond acceptors (Lipinski definition) is 7. The predicted molar refractivity (Wildman–Crippen MR) is 149 cm³/mol. The number of para-hydroxylation sites is 1. The molecule has 5 rings (SSSR count). The van der Waals surface area contributed by atoms with E-state index in [1.54, 1.807) is 11.1 Å². The number of aromatic amines is 1. The van der Waals surface area contributed by atoms with Crippen molar-refractivity contribution in [1.29, 1.82) is 0 Å². The summed E-state index contributed by atoms with van der Waals surface area (Å²) in [6.07, 6.45) is 6.48. The average molecular weight is 541 g/mol. The summed E-state index contributed by atoms with van der Waals surface area (Å²) in [5, 5.41) is 16.5. The fourth-order valence-electron chi connectivity index (χ4n) is 5.51. The summed E-state index contributed by atoms with van der Waals surface area (Å²) in [4.78, 5) is 28.8. The van der Waals surface area contributed by atoms with Gasteiger partial charge in [0.2, 0.25) is 5.95 Å². The number of aromatic nitrogens is 3. The van der Waals surface area contributed by atoms with Crippen LogP contribution in [-0.2, 0) is 4.74 Å². The van der Waals surface area contributed by atoms with Crippen molar-refractivity contribution < 1.29 is 14.6 Å². The number of amides is 1. The van der Waals surface area contributed by atoms with Crippen molar-refractivity contribution in [3.8, 4) is 11.3 Å². The van der Waals surface area contributed by atoms with Crippen LogP contribution in [0, 0.1) is 0 Å². The number of ether oxygens (including phenoxy) is 1. The highest BCUT2D eigenvalue weighted by Gasteiger charge is 2.37. The first-order chi connectivity index (χ1) is 18.1. The molecule has 1 aliphatic carbocycles. The molecular weight excluding hydrogens is 504 g/mol. The molecular formula is C28H37ClN6O3. The molecule has 1 saturated heterocycles. The molecule has 3 N–H and O–H groups in total. The third-order valence-corrected chi connectivity index (χ3v) is 7.56. The molecule has 1 saturated carbocycles. The van der Waals surface area contributed by atoms with E-state index in [0.717, 1.165) is 35.7 Å². The van der Waals surface area contributed by atoms with Crippen LogP contribution in [0.1, 0.15) is 46.5 Å². The van der Waals surface area contributed by atoms with E-state index in [9.17, 15) is 9.90 Å². The highest BCUT2D eigenvalue weighted by Crippen LogP contribution is 2.34. The van der Waals surface area contributed by atoms with Gasteiger partial charge >= 0.3 is 6.09 Å². The summed E-state index contributed by atoms with van der Waals surface area (Å²) in [6, 6.07) is 8.10. The Bertz CT molecular complexity index is 1280. The molecule has 1 amide bonds. The number of anilines is 1. The predicted octanol–water partition coefficient (Wildman–Crippen LogP) is 4.92. The largest absolute Gasteiger partial charge is 0.444 e. The molecule has 1 aromatic carbocycles. The van der Waals surface area contributed by atoms with Gasteiger partial charge in [-0.05, 0) is 52.5 Å². The van der Waals surface area contributed by atoms with Gasteiger partial charge < -0.3 is 25.0 Å². The van der Waals surface area contributed by atoms with E-state index in [2.05, 4.69) is 20.2 Å². The van der Waals surface area contributed by atoms with Crippen LogP contribution in [-0.4, -0.2) is 85.9 Å². The first-order valence-electron chi connectivity index (χ1n) is 13.4. The summed E-state index contributed by atoms with van der Waals surface area (Å²) in [5.41, 5.74) is 1.32. The molecule has 3 aromatic rings. The summed E-state index contributed by atoms with van der Waals surface area (Å²) in [5.74, 6) is 0.509. The van der Waals surface area contributed by atoms with E-state index in [-0.39, 0.29) is 12.1 Å². The number of fused-ring (bicyclic) bond motifs is 1. The first kappa shape index (κ1) is 26.7. The molecule has 38 heavy (non-hydrogen) atoms. The Balaban J connectivity index is 1.20. The number of hydrogen-bond donors (Lipinski definition) is 3. The monoisotopic (exact) mass is 540 g/mol. The highest BCUT2D eigenvalue weighted by molar-refractivity contribution is 6.33. The maximum absolute atomic E-state index is 12.4. The number of nitrogens with zero attached hydrogens (tertiary/aromatic N) is 4. The van der Waals surface area contributed by atoms with E-state index in [1.165, 1.54) is 0 Å². The molecule has 1 aliphatic heterocycles. The quantitative estimate of drug-likeness (QED) is 0.422. The van der Waals surface area contributed by atoms with E-state index in [4.69, 9.17) is 21.3 Å². The Kier molecular flexibility index (Phi) is 7.53. The number of carbonyl (C=O) groups excluding carboxylic acids is 1.